The van der Waals surface area contributed by atoms with Gasteiger partial charge in [0.15, 0.2) is 0 Å². The second-order valence-electron chi connectivity index (χ2n) is 4.55. The summed E-state index contributed by atoms with van der Waals surface area (Å²) in [6.07, 6.45) is 0.400. The normalized spacial score (nSPS) is 15.9. The molecule has 1 saturated heterocycles. The average molecular weight is 281 g/mol. The van der Waals surface area contributed by atoms with Crippen LogP contribution in [0, 0.1) is 10.1 Å². The van der Waals surface area contributed by atoms with E-state index in [4.69, 9.17) is 10.8 Å². The highest BCUT2D eigenvalue weighted by Crippen LogP contribution is 2.22. The van der Waals surface area contributed by atoms with E-state index in [-0.39, 0.29) is 17.5 Å². The van der Waals surface area contributed by atoms with Crippen LogP contribution in [0.2, 0.25) is 0 Å². The van der Waals surface area contributed by atoms with Gasteiger partial charge in [-0.15, -0.1) is 0 Å². The minimum absolute atomic E-state index is 0.0824. The van der Waals surface area contributed by atoms with Crippen LogP contribution in [0.4, 0.5) is 22.1 Å². The Kier molecular flexibility index (Phi) is 3.87. The van der Waals surface area contributed by atoms with E-state index in [2.05, 4.69) is 10.3 Å². The second-order valence-corrected chi connectivity index (χ2v) is 4.55. The number of nitro groups is 1. The predicted octanol–water partition coefficient (Wildman–Crippen LogP) is 1.13. The Bertz CT molecular complexity index is 528. The highest BCUT2D eigenvalue weighted by molar-refractivity contribution is 5.65. The van der Waals surface area contributed by atoms with Crippen LogP contribution in [-0.2, 0) is 0 Å². The lowest BCUT2D eigenvalue weighted by Crippen LogP contribution is -2.41. The van der Waals surface area contributed by atoms with Gasteiger partial charge in [0.2, 0.25) is 5.82 Å². The predicted molar refractivity (Wildman–Crippen MR) is 71.5 cm³/mol. The van der Waals surface area contributed by atoms with Crippen molar-refractivity contribution in [3.8, 4) is 0 Å². The summed E-state index contributed by atoms with van der Waals surface area (Å²) in [6, 6.07) is 2.88. The third-order valence-corrected chi connectivity index (χ3v) is 3.22. The van der Waals surface area contributed by atoms with E-state index < -0.39 is 11.0 Å². The first-order chi connectivity index (χ1) is 9.47. The quantitative estimate of drug-likeness (QED) is 0.558. The molecule has 9 nitrogen and oxygen atoms in total. The number of nitrogen functional groups attached to an aromatic ring is 1. The maximum absolute atomic E-state index is 10.8. The van der Waals surface area contributed by atoms with E-state index in [9.17, 15) is 14.9 Å². The molecule has 9 heteroatoms. The van der Waals surface area contributed by atoms with Crippen molar-refractivity contribution < 1.29 is 14.8 Å². The summed E-state index contributed by atoms with van der Waals surface area (Å²) < 4.78 is 0. The summed E-state index contributed by atoms with van der Waals surface area (Å²) in [5.74, 6) is 0.324. The van der Waals surface area contributed by atoms with E-state index in [1.807, 2.05) is 0 Å². The minimum atomic E-state index is -0.916. The summed E-state index contributed by atoms with van der Waals surface area (Å²) in [4.78, 5) is 26.1. The lowest BCUT2D eigenvalue weighted by molar-refractivity contribution is -0.384. The van der Waals surface area contributed by atoms with Crippen molar-refractivity contribution in [2.24, 2.45) is 0 Å². The lowest BCUT2D eigenvalue weighted by Gasteiger charge is -2.30. The van der Waals surface area contributed by atoms with Gasteiger partial charge in [-0.1, -0.05) is 0 Å². The van der Waals surface area contributed by atoms with Crippen molar-refractivity contribution in [1.82, 2.24) is 9.88 Å². The van der Waals surface area contributed by atoms with Crippen molar-refractivity contribution in [2.45, 2.75) is 18.9 Å². The number of rotatable bonds is 3. The van der Waals surface area contributed by atoms with Crippen LogP contribution in [0.15, 0.2) is 12.1 Å². The largest absolute Gasteiger partial charge is 0.465 e. The second kappa shape index (κ2) is 5.59. The van der Waals surface area contributed by atoms with Crippen LogP contribution in [0.5, 0.6) is 0 Å². The number of amides is 1. The Labute approximate surface area is 114 Å². The number of pyridine rings is 1. The number of aromatic nitrogens is 1. The van der Waals surface area contributed by atoms with Crippen molar-refractivity contribution in [1.29, 1.82) is 0 Å². The minimum Gasteiger partial charge on any atom is -0.465 e. The molecule has 0 saturated carbocycles. The molecule has 0 atom stereocenters. The molecule has 1 aromatic rings. The molecule has 0 radical (unpaired) electrons. The highest BCUT2D eigenvalue weighted by atomic mass is 16.6. The average Bonchev–Trinajstić information content (AvgIpc) is 2.39. The first-order valence-corrected chi connectivity index (χ1v) is 6.12. The number of hydrogen-bond acceptors (Lipinski definition) is 6. The molecule has 0 spiro atoms. The van der Waals surface area contributed by atoms with Crippen LogP contribution in [0.3, 0.4) is 0 Å². The van der Waals surface area contributed by atoms with Crippen LogP contribution >= 0.6 is 0 Å². The smallest absolute Gasteiger partial charge is 0.407 e. The first-order valence-electron chi connectivity index (χ1n) is 6.12. The first kappa shape index (κ1) is 13.8. The monoisotopic (exact) mass is 281 g/mol. The van der Waals surface area contributed by atoms with Gasteiger partial charge in [-0.2, -0.15) is 0 Å². The molecule has 1 aromatic heterocycles. The lowest BCUT2D eigenvalue weighted by atomic mass is 10.1. The van der Waals surface area contributed by atoms with Crippen molar-refractivity contribution >= 4 is 23.4 Å². The Balaban J connectivity index is 1.96. The van der Waals surface area contributed by atoms with Gasteiger partial charge in [-0.05, 0) is 18.9 Å². The molecule has 0 aromatic carbocycles. The van der Waals surface area contributed by atoms with Crippen molar-refractivity contribution in [3.05, 3.63) is 22.2 Å². The molecule has 1 fully saturated rings. The summed E-state index contributed by atoms with van der Waals surface area (Å²) >= 11 is 0. The fourth-order valence-electron chi connectivity index (χ4n) is 2.13. The fourth-order valence-corrected chi connectivity index (χ4v) is 2.13. The number of anilines is 2. The van der Waals surface area contributed by atoms with E-state index >= 15 is 0 Å². The van der Waals surface area contributed by atoms with E-state index in [0.29, 0.717) is 31.7 Å². The van der Waals surface area contributed by atoms with Gasteiger partial charge in [0, 0.05) is 25.2 Å². The number of nitrogens with one attached hydrogen (secondary N) is 1. The van der Waals surface area contributed by atoms with Gasteiger partial charge < -0.3 is 21.1 Å². The Morgan fingerprint density at radius 1 is 1.50 bits per heavy atom. The van der Waals surface area contributed by atoms with Crippen molar-refractivity contribution in [2.75, 3.05) is 24.1 Å². The fraction of sp³-hybridized carbons (Fsp3) is 0.455. The molecule has 1 aliphatic heterocycles. The van der Waals surface area contributed by atoms with Gasteiger partial charge >= 0.3 is 11.8 Å². The number of piperidine rings is 1. The highest BCUT2D eigenvalue weighted by Gasteiger charge is 2.22. The number of nitrogens with zero attached hydrogens (tertiary/aromatic N) is 3. The van der Waals surface area contributed by atoms with Crippen LogP contribution in [0.1, 0.15) is 12.8 Å². The molecule has 0 bridgehead atoms. The maximum Gasteiger partial charge on any atom is 0.407 e. The third-order valence-electron chi connectivity index (χ3n) is 3.22. The van der Waals surface area contributed by atoms with Crippen molar-refractivity contribution in [3.63, 3.8) is 0 Å². The van der Waals surface area contributed by atoms with Gasteiger partial charge in [0.25, 0.3) is 0 Å². The Hall–Kier alpha value is -2.58. The summed E-state index contributed by atoms with van der Waals surface area (Å²) in [5.41, 5.74) is 5.28. The van der Waals surface area contributed by atoms with E-state index in [1.54, 1.807) is 0 Å². The Morgan fingerprint density at radius 2 is 2.15 bits per heavy atom. The molecule has 4 N–H and O–H groups in total. The van der Waals surface area contributed by atoms with Crippen LogP contribution in [-0.4, -0.2) is 45.1 Å². The van der Waals surface area contributed by atoms with Crippen LogP contribution < -0.4 is 11.1 Å². The van der Waals surface area contributed by atoms with E-state index in [0.717, 1.165) is 0 Å². The number of likely N-dealkylation sites (tertiary alicyclic amines) is 1. The van der Waals surface area contributed by atoms with Gasteiger partial charge in [0.1, 0.15) is 5.82 Å². The molecular formula is C11H15N5O4. The molecule has 0 unspecified atom stereocenters. The molecule has 2 heterocycles. The zero-order chi connectivity index (χ0) is 14.7. The van der Waals surface area contributed by atoms with Gasteiger partial charge in [-0.3, -0.25) is 10.1 Å². The topological polar surface area (TPSA) is 135 Å². The number of carboxylic acid groups (broad SMARTS) is 1. The standard InChI is InChI=1S/C11H15N5O4/c12-10-8(16(19)20)1-2-9(14-10)13-7-3-5-15(6-4-7)11(17)18/h1-2,7H,3-6H2,(H,17,18)(H3,12,13,14). The summed E-state index contributed by atoms with van der Waals surface area (Å²) in [5, 5.41) is 22.6. The molecule has 2 rings (SSSR count). The third kappa shape index (κ3) is 3.05. The maximum atomic E-state index is 10.8. The summed E-state index contributed by atoms with van der Waals surface area (Å²) in [6.45, 7) is 0.908. The molecule has 1 amide bonds. The molecule has 108 valence electrons. The number of nitrogens with two attached hydrogens (primary N) is 1. The van der Waals surface area contributed by atoms with Crippen LogP contribution in [0.25, 0.3) is 0 Å². The molecule has 1 aliphatic rings. The Morgan fingerprint density at radius 3 is 2.65 bits per heavy atom. The SMILES string of the molecule is Nc1nc(NC2CCN(C(=O)O)CC2)ccc1[N+](=O)[O-]. The van der Waals surface area contributed by atoms with E-state index in [1.165, 1.54) is 17.0 Å². The molecule has 0 aliphatic carbocycles. The zero-order valence-corrected chi connectivity index (χ0v) is 10.7. The molecular weight excluding hydrogens is 266 g/mol. The molecule has 20 heavy (non-hydrogen) atoms. The zero-order valence-electron chi connectivity index (χ0n) is 10.7. The number of hydrogen-bond donors (Lipinski definition) is 3. The van der Waals surface area contributed by atoms with Gasteiger partial charge in [-0.25, -0.2) is 9.78 Å². The number of carbonyl (C=O) groups is 1. The summed E-state index contributed by atoms with van der Waals surface area (Å²) in [7, 11) is 0. The van der Waals surface area contributed by atoms with Gasteiger partial charge in [0.05, 0.1) is 4.92 Å².